The van der Waals surface area contributed by atoms with Crippen molar-refractivity contribution in [3.63, 3.8) is 0 Å². The minimum absolute atomic E-state index is 0.0908. The van der Waals surface area contributed by atoms with E-state index in [2.05, 4.69) is 26.9 Å². The van der Waals surface area contributed by atoms with Crippen molar-refractivity contribution < 1.29 is 4.92 Å². The minimum atomic E-state index is -0.421. The van der Waals surface area contributed by atoms with Gasteiger partial charge in [-0.2, -0.15) is 0 Å². The monoisotopic (exact) mass is 317 g/mol. The van der Waals surface area contributed by atoms with Crippen LogP contribution in [0.25, 0.3) is 5.82 Å². The molecule has 1 aliphatic heterocycles. The molecule has 0 atom stereocenters. The second-order valence-corrected chi connectivity index (χ2v) is 5.74. The minimum Gasteiger partial charge on any atom is -0.351 e. The van der Waals surface area contributed by atoms with E-state index < -0.39 is 4.92 Å². The first-order valence-corrected chi connectivity index (χ1v) is 7.47. The van der Waals surface area contributed by atoms with E-state index in [0.717, 1.165) is 25.9 Å². The van der Waals surface area contributed by atoms with Crippen LogP contribution in [0.4, 0.5) is 11.5 Å². The highest BCUT2D eigenvalue weighted by Gasteiger charge is 2.30. The Labute approximate surface area is 133 Å². The molecular weight excluding hydrogens is 298 g/mol. The maximum absolute atomic E-state index is 11.6. The number of anilines is 1. The molecule has 1 fully saturated rings. The van der Waals surface area contributed by atoms with Gasteiger partial charge in [0.1, 0.15) is 12.7 Å². The Morgan fingerprint density at radius 3 is 2.70 bits per heavy atom. The van der Waals surface area contributed by atoms with Crippen LogP contribution >= 0.6 is 0 Å². The van der Waals surface area contributed by atoms with Crippen LogP contribution in [0.2, 0.25) is 0 Å². The third-order valence-corrected chi connectivity index (χ3v) is 4.29. The van der Waals surface area contributed by atoms with Gasteiger partial charge < -0.3 is 9.80 Å². The largest absolute Gasteiger partial charge is 0.354 e. The summed E-state index contributed by atoms with van der Waals surface area (Å²) in [5.41, 5.74) is -0.0908. The molecule has 0 N–H and O–H groups in total. The standard InChI is InChI=1S/C14H19N7O2/c1-18-6-3-11(4-7-18)19(2)13-12(21(22)23)14(17-9-16-13)20-8-5-15-10-20/h5,8-11H,3-4,6-7H2,1-2H3. The van der Waals surface area contributed by atoms with Gasteiger partial charge in [0.15, 0.2) is 0 Å². The Morgan fingerprint density at radius 1 is 1.35 bits per heavy atom. The van der Waals surface area contributed by atoms with E-state index in [1.54, 1.807) is 12.4 Å². The molecule has 0 amide bonds. The number of hydrogen-bond acceptors (Lipinski definition) is 7. The van der Waals surface area contributed by atoms with Crippen molar-refractivity contribution in [1.29, 1.82) is 0 Å². The highest BCUT2D eigenvalue weighted by molar-refractivity contribution is 5.65. The van der Waals surface area contributed by atoms with Crippen molar-refractivity contribution in [2.45, 2.75) is 18.9 Å². The molecular formula is C14H19N7O2. The van der Waals surface area contributed by atoms with Gasteiger partial charge in [0.2, 0.25) is 11.6 Å². The highest BCUT2D eigenvalue weighted by atomic mass is 16.6. The molecule has 0 aliphatic carbocycles. The van der Waals surface area contributed by atoms with Crippen LogP contribution in [-0.4, -0.2) is 62.6 Å². The molecule has 23 heavy (non-hydrogen) atoms. The molecule has 0 radical (unpaired) electrons. The summed E-state index contributed by atoms with van der Waals surface area (Å²) in [6.07, 6.45) is 7.96. The lowest BCUT2D eigenvalue weighted by atomic mass is 10.0. The topological polar surface area (TPSA) is 93.2 Å². The van der Waals surface area contributed by atoms with Gasteiger partial charge in [-0.05, 0) is 33.0 Å². The molecule has 0 unspecified atom stereocenters. The van der Waals surface area contributed by atoms with Crippen molar-refractivity contribution >= 4 is 11.5 Å². The summed E-state index contributed by atoms with van der Waals surface area (Å²) in [6, 6.07) is 0.232. The Kier molecular flexibility index (Phi) is 4.20. The Bertz CT molecular complexity index is 680. The summed E-state index contributed by atoms with van der Waals surface area (Å²) in [7, 11) is 3.95. The van der Waals surface area contributed by atoms with Gasteiger partial charge in [0.05, 0.1) is 4.92 Å². The van der Waals surface area contributed by atoms with E-state index in [1.165, 1.54) is 17.2 Å². The zero-order valence-electron chi connectivity index (χ0n) is 13.2. The summed E-state index contributed by atoms with van der Waals surface area (Å²) in [5.74, 6) is 0.584. The second kappa shape index (κ2) is 6.29. The Hall–Kier alpha value is -2.55. The van der Waals surface area contributed by atoms with Crippen LogP contribution in [0, 0.1) is 10.1 Å². The van der Waals surface area contributed by atoms with Gasteiger partial charge in [0, 0.05) is 25.5 Å². The molecule has 1 aliphatic rings. The molecule has 0 spiro atoms. The number of nitro groups is 1. The first-order valence-electron chi connectivity index (χ1n) is 7.47. The van der Waals surface area contributed by atoms with Gasteiger partial charge in [0.25, 0.3) is 0 Å². The van der Waals surface area contributed by atoms with Crippen molar-refractivity contribution in [2.24, 2.45) is 0 Å². The number of likely N-dealkylation sites (tertiary alicyclic amines) is 1. The zero-order valence-corrected chi connectivity index (χ0v) is 13.2. The molecule has 3 rings (SSSR count). The van der Waals surface area contributed by atoms with Crippen LogP contribution < -0.4 is 4.90 Å². The second-order valence-electron chi connectivity index (χ2n) is 5.74. The van der Waals surface area contributed by atoms with Crippen molar-refractivity contribution in [3.05, 3.63) is 35.2 Å². The Balaban J connectivity index is 1.98. The fourth-order valence-corrected chi connectivity index (χ4v) is 2.91. The van der Waals surface area contributed by atoms with Crippen LogP contribution in [0.1, 0.15) is 12.8 Å². The van der Waals surface area contributed by atoms with Crippen LogP contribution in [0.3, 0.4) is 0 Å². The van der Waals surface area contributed by atoms with E-state index >= 15 is 0 Å². The summed E-state index contributed by atoms with van der Waals surface area (Å²) in [6.45, 7) is 1.95. The SMILES string of the molecule is CN1CCC(N(C)c2ncnc(-n3ccnc3)c2[N+](=O)[O-])CC1. The quantitative estimate of drug-likeness (QED) is 0.615. The highest BCUT2D eigenvalue weighted by Crippen LogP contribution is 2.32. The predicted octanol–water partition coefficient (Wildman–Crippen LogP) is 1.10. The van der Waals surface area contributed by atoms with E-state index in [4.69, 9.17) is 0 Å². The summed E-state index contributed by atoms with van der Waals surface area (Å²) < 4.78 is 1.53. The number of nitrogens with zero attached hydrogens (tertiary/aromatic N) is 7. The number of hydrogen-bond donors (Lipinski definition) is 0. The average Bonchev–Trinajstić information content (AvgIpc) is 3.08. The molecule has 122 valence electrons. The van der Waals surface area contributed by atoms with Gasteiger partial charge in [-0.1, -0.05) is 0 Å². The molecule has 1 saturated heterocycles. The maximum Gasteiger partial charge on any atom is 0.354 e. The molecule has 9 heteroatoms. The smallest absolute Gasteiger partial charge is 0.351 e. The first-order chi connectivity index (χ1) is 11.1. The van der Waals surface area contributed by atoms with Crippen molar-refractivity contribution in [2.75, 3.05) is 32.1 Å². The zero-order chi connectivity index (χ0) is 16.4. The summed E-state index contributed by atoms with van der Waals surface area (Å²) in [5, 5.41) is 11.6. The van der Waals surface area contributed by atoms with Crippen molar-refractivity contribution in [3.8, 4) is 5.82 Å². The maximum atomic E-state index is 11.6. The fourth-order valence-electron chi connectivity index (χ4n) is 2.91. The van der Waals surface area contributed by atoms with E-state index in [1.807, 2.05) is 11.9 Å². The average molecular weight is 317 g/mol. The molecule has 0 bridgehead atoms. The molecule has 0 saturated carbocycles. The van der Waals surface area contributed by atoms with E-state index in [0.29, 0.717) is 5.82 Å². The lowest BCUT2D eigenvalue weighted by molar-refractivity contribution is -0.384. The molecule has 2 aromatic rings. The molecule has 0 aromatic carbocycles. The fraction of sp³-hybridized carbons (Fsp3) is 0.500. The van der Waals surface area contributed by atoms with E-state index in [-0.39, 0.29) is 17.5 Å². The number of rotatable bonds is 4. The lowest BCUT2D eigenvalue weighted by Gasteiger charge is -2.35. The lowest BCUT2D eigenvalue weighted by Crippen LogP contribution is -2.42. The normalized spacial score (nSPS) is 16.4. The van der Waals surface area contributed by atoms with Gasteiger partial charge in [-0.25, -0.2) is 15.0 Å². The molecule has 3 heterocycles. The summed E-state index contributed by atoms with van der Waals surface area (Å²) in [4.78, 5) is 27.6. The number of aromatic nitrogens is 4. The van der Waals surface area contributed by atoms with Gasteiger partial charge >= 0.3 is 5.69 Å². The van der Waals surface area contributed by atoms with Crippen LogP contribution in [-0.2, 0) is 0 Å². The first kappa shape index (κ1) is 15.3. The third-order valence-electron chi connectivity index (χ3n) is 4.29. The van der Waals surface area contributed by atoms with Crippen LogP contribution in [0.5, 0.6) is 0 Å². The van der Waals surface area contributed by atoms with Crippen LogP contribution in [0.15, 0.2) is 25.0 Å². The predicted molar refractivity (Wildman–Crippen MR) is 84.7 cm³/mol. The third kappa shape index (κ3) is 3.00. The van der Waals surface area contributed by atoms with E-state index in [9.17, 15) is 10.1 Å². The van der Waals surface area contributed by atoms with Gasteiger partial charge in [-0.3, -0.25) is 14.7 Å². The van der Waals surface area contributed by atoms with Crippen molar-refractivity contribution in [1.82, 2.24) is 24.4 Å². The number of imidazole rings is 1. The molecule has 2 aromatic heterocycles. The van der Waals surface area contributed by atoms with Gasteiger partial charge in [-0.15, -0.1) is 0 Å². The number of piperidine rings is 1. The molecule has 9 nitrogen and oxygen atoms in total. The Morgan fingerprint density at radius 2 is 2.09 bits per heavy atom. The summed E-state index contributed by atoms with van der Waals surface area (Å²) >= 11 is 0.